The van der Waals surface area contributed by atoms with Crippen LogP contribution in [0.3, 0.4) is 0 Å². The average Bonchev–Trinajstić information content (AvgIpc) is 2.54. The van der Waals surface area contributed by atoms with Crippen molar-refractivity contribution in [2.24, 2.45) is 5.41 Å². The van der Waals surface area contributed by atoms with E-state index in [2.05, 4.69) is 51.8 Å². The summed E-state index contributed by atoms with van der Waals surface area (Å²) in [6.45, 7) is 14.3. The van der Waals surface area contributed by atoms with Crippen molar-refractivity contribution in [1.82, 2.24) is 10.3 Å². The first-order valence-electron chi connectivity index (χ1n) is 6.03. The number of aromatic nitrogens is 1. The molecule has 16 heavy (non-hydrogen) atoms. The van der Waals surface area contributed by atoms with Crippen LogP contribution < -0.4 is 5.32 Å². The second kappa shape index (κ2) is 5.28. The first-order chi connectivity index (χ1) is 7.35. The Morgan fingerprint density at radius 1 is 1.38 bits per heavy atom. The number of hydrogen-bond donors (Lipinski definition) is 1. The molecule has 0 aliphatic heterocycles. The van der Waals surface area contributed by atoms with Gasteiger partial charge in [-0.1, -0.05) is 20.8 Å². The van der Waals surface area contributed by atoms with Crippen LogP contribution in [-0.2, 0) is 0 Å². The summed E-state index contributed by atoms with van der Waals surface area (Å²) in [4.78, 5) is 5.85. The van der Waals surface area contributed by atoms with Crippen molar-refractivity contribution in [3.8, 4) is 0 Å². The second-order valence-electron chi connectivity index (χ2n) is 5.30. The average molecular weight is 240 g/mol. The second-order valence-corrected chi connectivity index (χ2v) is 6.54. The van der Waals surface area contributed by atoms with Crippen LogP contribution in [-0.4, -0.2) is 11.5 Å². The van der Waals surface area contributed by atoms with Gasteiger partial charge >= 0.3 is 0 Å². The number of aryl methyl sites for hydroxylation is 2. The molecule has 0 amide bonds. The zero-order chi connectivity index (χ0) is 12.3. The van der Waals surface area contributed by atoms with Crippen molar-refractivity contribution in [3.63, 3.8) is 0 Å². The van der Waals surface area contributed by atoms with E-state index in [1.165, 1.54) is 17.0 Å². The van der Waals surface area contributed by atoms with Crippen LogP contribution in [0.15, 0.2) is 0 Å². The molecule has 1 N–H and O–H groups in total. The predicted octanol–water partition coefficient (Wildman–Crippen LogP) is 3.85. The van der Waals surface area contributed by atoms with E-state index in [9.17, 15) is 0 Å². The molecule has 0 radical (unpaired) electrons. The fourth-order valence-corrected chi connectivity index (χ4v) is 2.55. The Labute approximate surface area is 103 Å². The van der Waals surface area contributed by atoms with Gasteiger partial charge in [0.05, 0.1) is 10.7 Å². The Morgan fingerprint density at radius 2 is 2.00 bits per heavy atom. The first kappa shape index (κ1) is 13.7. The number of hydrogen-bond acceptors (Lipinski definition) is 3. The molecule has 0 saturated carbocycles. The lowest BCUT2D eigenvalue weighted by atomic mass is 9.90. The summed E-state index contributed by atoms with van der Waals surface area (Å²) in [5, 5.41) is 4.78. The van der Waals surface area contributed by atoms with Gasteiger partial charge in [-0.2, -0.15) is 0 Å². The lowest BCUT2D eigenvalue weighted by molar-refractivity contribution is 0.314. The smallest absolute Gasteiger partial charge is 0.0900 e. The fourth-order valence-electron chi connectivity index (χ4n) is 1.60. The molecule has 0 aromatic carbocycles. The third-order valence-corrected chi connectivity index (χ3v) is 4.43. The highest BCUT2D eigenvalue weighted by Crippen LogP contribution is 2.26. The van der Waals surface area contributed by atoms with Gasteiger partial charge < -0.3 is 5.32 Å². The van der Waals surface area contributed by atoms with Crippen LogP contribution in [0.4, 0.5) is 0 Å². The van der Waals surface area contributed by atoms with Crippen molar-refractivity contribution < 1.29 is 0 Å². The summed E-state index contributed by atoms with van der Waals surface area (Å²) in [5.41, 5.74) is 1.55. The van der Waals surface area contributed by atoms with Gasteiger partial charge in [-0.25, -0.2) is 4.98 Å². The minimum atomic E-state index is 0.377. The molecule has 1 aromatic rings. The van der Waals surface area contributed by atoms with Crippen LogP contribution in [0.5, 0.6) is 0 Å². The molecule has 2 nitrogen and oxygen atoms in total. The molecule has 1 rings (SSSR count). The lowest BCUT2D eigenvalue weighted by Crippen LogP contribution is -2.30. The summed E-state index contributed by atoms with van der Waals surface area (Å²) >= 11 is 1.81. The van der Waals surface area contributed by atoms with E-state index in [0.717, 1.165) is 11.6 Å². The summed E-state index contributed by atoms with van der Waals surface area (Å²) in [5.74, 6) is 0. The molecule has 0 aliphatic rings. The van der Waals surface area contributed by atoms with Gasteiger partial charge in [0.2, 0.25) is 0 Å². The van der Waals surface area contributed by atoms with Crippen LogP contribution in [0.2, 0.25) is 0 Å². The molecule has 0 bridgehead atoms. The molecular weight excluding hydrogens is 216 g/mol. The SMILES string of the molecule is CCC(C)(C)CNC(C)c1sc(C)nc1C. The molecule has 0 spiro atoms. The van der Waals surface area contributed by atoms with E-state index < -0.39 is 0 Å². The lowest BCUT2D eigenvalue weighted by Gasteiger charge is -2.25. The molecule has 3 heteroatoms. The van der Waals surface area contributed by atoms with Gasteiger partial charge in [0, 0.05) is 17.5 Å². The van der Waals surface area contributed by atoms with Crippen molar-refractivity contribution >= 4 is 11.3 Å². The maximum absolute atomic E-state index is 4.48. The number of thiazole rings is 1. The molecule has 1 heterocycles. The third kappa shape index (κ3) is 3.56. The van der Waals surface area contributed by atoms with Crippen LogP contribution in [0, 0.1) is 19.3 Å². The Balaban J connectivity index is 2.59. The molecule has 0 saturated heterocycles. The van der Waals surface area contributed by atoms with Crippen molar-refractivity contribution in [3.05, 3.63) is 15.6 Å². The fraction of sp³-hybridized carbons (Fsp3) is 0.769. The van der Waals surface area contributed by atoms with Gasteiger partial charge in [0.1, 0.15) is 0 Å². The van der Waals surface area contributed by atoms with Crippen LogP contribution >= 0.6 is 11.3 Å². The van der Waals surface area contributed by atoms with E-state index >= 15 is 0 Å². The highest BCUT2D eigenvalue weighted by atomic mass is 32.1. The van der Waals surface area contributed by atoms with E-state index in [4.69, 9.17) is 0 Å². The van der Waals surface area contributed by atoms with Crippen molar-refractivity contribution in [2.45, 2.75) is 54.0 Å². The molecule has 0 aliphatic carbocycles. The standard InChI is InChI=1S/C13H24N2S/c1-7-13(5,6)8-14-9(2)12-10(3)15-11(4)16-12/h9,14H,7-8H2,1-6H3. The normalized spacial score (nSPS) is 14.1. The zero-order valence-electron chi connectivity index (χ0n) is 11.3. The predicted molar refractivity (Wildman–Crippen MR) is 72.1 cm³/mol. The Kier molecular flexibility index (Phi) is 4.51. The van der Waals surface area contributed by atoms with Crippen LogP contribution in [0.1, 0.15) is 55.7 Å². The molecule has 1 unspecified atom stereocenters. The maximum atomic E-state index is 4.48. The highest BCUT2D eigenvalue weighted by Gasteiger charge is 2.18. The summed E-state index contributed by atoms with van der Waals surface area (Å²) in [6.07, 6.45) is 1.20. The molecule has 1 aromatic heterocycles. The van der Waals surface area contributed by atoms with E-state index in [1.54, 1.807) is 0 Å². The summed E-state index contributed by atoms with van der Waals surface area (Å²) in [6, 6.07) is 0.414. The maximum Gasteiger partial charge on any atom is 0.0900 e. The Morgan fingerprint density at radius 3 is 2.44 bits per heavy atom. The monoisotopic (exact) mass is 240 g/mol. The van der Waals surface area contributed by atoms with Gasteiger partial charge in [0.25, 0.3) is 0 Å². The van der Waals surface area contributed by atoms with Gasteiger partial charge in [-0.05, 0) is 32.6 Å². The number of nitrogens with one attached hydrogen (secondary N) is 1. The molecule has 92 valence electrons. The quantitative estimate of drug-likeness (QED) is 0.845. The van der Waals surface area contributed by atoms with Crippen LogP contribution in [0.25, 0.3) is 0 Å². The third-order valence-electron chi connectivity index (χ3n) is 3.18. The number of rotatable bonds is 5. The van der Waals surface area contributed by atoms with Crippen molar-refractivity contribution in [2.75, 3.05) is 6.54 Å². The number of nitrogens with zero attached hydrogens (tertiary/aromatic N) is 1. The molecular formula is C13H24N2S. The van der Waals surface area contributed by atoms with E-state index in [0.29, 0.717) is 11.5 Å². The van der Waals surface area contributed by atoms with Gasteiger partial charge in [0.15, 0.2) is 0 Å². The minimum Gasteiger partial charge on any atom is -0.309 e. The minimum absolute atomic E-state index is 0.377. The highest BCUT2D eigenvalue weighted by molar-refractivity contribution is 7.11. The molecule has 0 fully saturated rings. The molecule has 1 atom stereocenters. The van der Waals surface area contributed by atoms with Gasteiger partial charge in [-0.15, -0.1) is 11.3 Å². The zero-order valence-corrected chi connectivity index (χ0v) is 12.2. The Bertz CT molecular complexity index is 342. The Hall–Kier alpha value is -0.410. The summed E-state index contributed by atoms with van der Waals surface area (Å²) < 4.78 is 0. The largest absolute Gasteiger partial charge is 0.309 e. The van der Waals surface area contributed by atoms with E-state index in [1.807, 2.05) is 11.3 Å². The topological polar surface area (TPSA) is 24.9 Å². The summed E-state index contributed by atoms with van der Waals surface area (Å²) in [7, 11) is 0. The van der Waals surface area contributed by atoms with E-state index in [-0.39, 0.29) is 0 Å². The first-order valence-corrected chi connectivity index (χ1v) is 6.84. The van der Waals surface area contributed by atoms with Gasteiger partial charge in [-0.3, -0.25) is 0 Å². The van der Waals surface area contributed by atoms with Crippen molar-refractivity contribution in [1.29, 1.82) is 0 Å².